The van der Waals surface area contributed by atoms with Crippen LogP contribution in [-0.4, -0.2) is 4.57 Å². The Morgan fingerprint density at radius 1 is 1.00 bits per heavy atom. The summed E-state index contributed by atoms with van der Waals surface area (Å²) in [5.41, 5.74) is 2.47. The lowest BCUT2D eigenvalue weighted by Gasteiger charge is -2.22. The molecule has 1 heterocycles. The van der Waals surface area contributed by atoms with Crippen molar-refractivity contribution in [1.29, 1.82) is 0 Å². The molecule has 2 aromatic rings. The lowest BCUT2D eigenvalue weighted by atomic mass is 9.85. The Bertz CT molecular complexity index is 654. The Balaban J connectivity index is 1.83. The van der Waals surface area contributed by atoms with E-state index in [0.717, 1.165) is 10.6 Å². The lowest BCUT2D eigenvalue weighted by Crippen LogP contribution is -2.20. The number of halogens is 1. The van der Waals surface area contributed by atoms with Gasteiger partial charge in [-0.1, -0.05) is 49.1 Å². The lowest BCUT2D eigenvalue weighted by molar-refractivity contribution is 0.441. The van der Waals surface area contributed by atoms with Crippen LogP contribution in [0, 0.1) is 0 Å². The third-order valence-corrected chi connectivity index (χ3v) is 4.60. The molecule has 0 radical (unpaired) electrons. The third kappa shape index (κ3) is 3.56. The highest BCUT2D eigenvalue weighted by molar-refractivity contribution is 6.30. The van der Waals surface area contributed by atoms with Crippen LogP contribution in [0.25, 0.3) is 0 Å². The van der Waals surface area contributed by atoms with E-state index < -0.39 is 0 Å². The van der Waals surface area contributed by atoms with Gasteiger partial charge in [0.2, 0.25) is 0 Å². The molecule has 0 N–H and O–H groups in total. The highest BCUT2D eigenvalue weighted by Crippen LogP contribution is 2.31. The minimum Gasteiger partial charge on any atom is -0.311 e. The predicted molar refractivity (Wildman–Crippen MR) is 87.1 cm³/mol. The zero-order chi connectivity index (χ0) is 14.7. The van der Waals surface area contributed by atoms with Crippen LogP contribution in [0.1, 0.15) is 49.1 Å². The smallest absolute Gasteiger partial charge is 0.250 e. The van der Waals surface area contributed by atoms with Crippen molar-refractivity contribution >= 4 is 11.6 Å². The van der Waals surface area contributed by atoms with E-state index in [1.165, 1.54) is 37.7 Å². The molecule has 1 fully saturated rings. The first kappa shape index (κ1) is 14.4. The summed E-state index contributed by atoms with van der Waals surface area (Å²) in [5.74, 6) is 0.621. The summed E-state index contributed by atoms with van der Waals surface area (Å²) < 4.78 is 1.81. The fourth-order valence-corrected chi connectivity index (χ4v) is 3.26. The van der Waals surface area contributed by atoms with Gasteiger partial charge in [-0.3, -0.25) is 4.79 Å². The number of aromatic nitrogens is 1. The largest absolute Gasteiger partial charge is 0.311 e. The topological polar surface area (TPSA) is 22.0 Å². The second kappa shape index (κ2) is 6.48. The minimum atomic E-state index is 0.0597. The van der Waals surface area contributed by atoms with Gasteiger partial charge in [-0.25, -0.2) is 0 Å². The molecule has 0 atom stereocenters. The van der Waals surface area contributed by atoms with Crippen molar-refractivity contribution in [2.45, 2.75) is 44.6 Å². The van der Waals surface area contributed by atoms with Crippen LogP contribution in [0.4, 0.5) is 0 Å². The van der Waals surface area contributed by atoms with Gasteiger partial charge in [0.05, 0.1) is 6.54 Å². The van der Waals surface area contributed by atoms with Crippen molar-refractivity contribution in [2.24, 2.45) is 0 Å². The van der Waals surface area contributed by atoms with Crippen LogP contribution in [0.15, 0.2) is 47.4 Å². The fourth-order valence-electron chi connectivity index (χ4n) is 3.14. The summed E-state index contributed by atoms with van der Waals surface area (Å²) in [7, 11) is 0. The summed E-state index contributed by atoms with van der Waals surface area (Å²) >= 11 is 5.90. The average molecular weight is 302 g/mol. The molecule has 21 heavy (non-hydrogen) atoms. The standard InChI is InChI=1S/C18H20ClNO/c19-17-9-6-14(7-10-17)12-20-13-16(8-11-18(20)21)15-4-2-1-3-5-15/h6-11,13,15H,1-5,12H2. The molecule has 1 aromatic heterocycles. The van der Waals surface area contributed by atoms with Crippen LogP contribution in [0.5, 0.6) is 0 Å². The molecule has 3 rings (SSSR count). The molecule has 110 valence electrons. The van der Waals surface area contributed by atoms with Gasteiger partial charge < -0.3 is 4.57 Å². The van der Waals surface area contributed by atoms with Crippen molar-refractivity contribution < 1.29 is 0 Å². The van der Waals surface area contributed by atoms with Crippen molar-refractivity contribution in [2.75, 3.05) is 0 Å². The monoisotopic (exact) mass is 301 g/mol. The van der Waals surface area contributed by atoms with E-state index in [1.807, 2.05) is 41.1 Å². The van der Waals surface area contributed by atoms with Gasteiger partial charge >= 0.3 is 0 Å². The average Bonchev–Trinajstić information content (AvgIpc) is 2.52. The molecule has 1 saturated carbocycles. The van der Waals surface area contributed by atoms with Gasteiger partial charge in [0.25, 0.3) is 5.56 Å². The molecule has 0 spiro atoms. The van der Waals surface area contributed by atoms with E-state index in [-0.39, 0.29) is 5.56 Å². The Morgan fingerprint density at radius 2 is 1.71 bits per heavy atom. The number of hydrogen-bond donors (Lipinski definition) is 0. The molecule has 1 aliphatic carbocycles. The fraction of sp³-hybridized carbons (Fsp3) is 0.389. The van der Waals surface area contributed by atoms with E-state index in [0.29, 0.717) is 12.5 Å². The van der Waals surface area contributed by atoms with E-state index in [9.17, 15) is 4.79 Å². The first-order valence-electron chi connectivity index (χ1n) is 7.67. The molecule has 1 aromatic carbocycles. The Hall–Kier alpha value is -1.54. The molecule has 0 aliphatic heterocycles. The number of hydrogen-bond acceptors (Lipinski definition) is 1. The summed E-state index contributed by atoms with van der Waals surface area (Å²) in [4.78, 5) is 12.1. The van der Waals surface area contributed by atoms with Gasteiger partial charge in [-0.05, 0) is 42.0 Å². The Kier molecular flexibility index (Phi) is 4.45. The maximum absolute atomic E-state index is 12.1. The molecule has 0 amide bonds. The first-order valence-corrected chi connectivity index (χ1v) is 8.05. The zero-order valence-electron chi connectivity index (χ0n) is 12.1. The highest BCUT2D eigenvalue weighted by Gasteiger charge is 2.16. The zero-order valence-corrected chi connectivity index (χ0v) is 12.9. The summed E-state index contributed by atoms with van der Waals surface area (Å²) in [6, 6.07) is 11.4. The highest BCUT2D eigenvalue weighted by atomic mass is 35.5. The Morgan fingerprint density at radius 3 is 2.43 bits per heavy atom. The van der Waals surface area contributed by atoms with Gasteiger partial charge in [-0.2, -0.15) is 0 Å². The van der Waals surface area contributed by atoms with Crippen molar-refractivity contribution in [3.63, 3.8) is 0 Å². The SMILES string of the molecule is O=c1ccc(C2CCCCC2)cn1Cc1ccc(Cl)cc1. The van der Waals surface area contributed by atoms with E-state index >= 15 is 0 Å². The van der Waals surface area contributed by atoms with Crippen molar-refractivity contribution in [3.8, 4) is 0 Å². The number of pyridine rings is 1. The van der Waals surface area contributed by atoms with E-state index in [2.05, 4.69) is 0 Å². The summed E-state index contributed by atoms with van der Waals surface area (Å²) in [5, 5.41) is 0.724. The number of benzene rings is 1. The normalized spacial score (nSPS) is 16.0. The van der Waals surface area contributed by atoms with Crippen LogP contribution in [-0.2, 0) is 6.54 Å². The molecule has 1 aliphatic rings. The summed E-state index contributed by atoms with van der Waals surface area (Å²) in [6.45, 7) is 0.608. The predicted octanol–water partition coefficient (Wildman–Crippen LogP) is 4.60. The van der Waals surface area contributed by atoms with Gasteiger partial charge in [0.15, 0.2) is 0 Å². The molecule has 0 saturated heterocycles. The minimum absolute atomic E-state index is 0.0597. The first-order chi connectivity index (χ1) is 10.2. The Labute approximate surface area is 130 Å². The molecule has 3 heteroatoms. The van der Waals surface area contributed by atoms with E-state index in [4.69, 9.17) is 11.6 Å². The van der Waals surface area contributed by atoms with Gasteiger partial charge in [-0.15, -0.1) is 0 Å². The van der Waals surface area contributed by atoms with Gasteiger partial charge in [0.1, 0.15) is 0 Å². The van der Waals surface area contributed by atoms with Crippen LogP contribution >= 0.6 is 11.6 Å². The molecular weight excluding hydrogens is 282 g/mol. The van der Waals surface area contributed by atoms with E-state index in [1.54, 1.807) is 6.07 Å². The maximum Gasteiger partial charge on any atom is 0.250 e. The number of nitrogens with zero attached hydrogens (tertiary/aromatic N) is 1. The second-order valence-electron chi connectivity index (χ2n) is 5.89. The molecular formula is C18H20ClNO. The summed E-state index contributed by atoms with van der Waals surface area (Å²) in [6.07, 6.45) is 8.51. The van der Waals surface area contributed by atoms with Gasteiger partial charge in [0, 0.05) is 17.3 Å². The van der Waals surface area contributed by atoms with Crippen LogP contribution in [0.3, 0.4) is 0 Å². The van der Waals surface area contributed by atoms with Crippen molar-refractivity contribution in [1.82, 2.24) is 4.57 Å². The second-order valence-corrected chi connectivity index (χ2v) is 6.33. The maximum atomic E-state index is 12.1. The van der Waals surface area contributed by atoms with Crippen molar-refractivity contribution in [3.05, 3.63) is 69.1 Å². The third-order valence-electron chi connectivity index (χ3n) is 4.35. The molecule has 0 bridgehead atoms. The quantitative estimate of drug-likeness (QED) is 0.812. The van der Waals surface area contributed by atoms with Crippen LogP contribution < -0.4 is 5.56 Å². The number of rotatable bonds is 3. The van der Waals surface area contributed by atoms with Crippen LogP contribution in [0.2, 0.25) is 5.02 Å². The molecule has 2 nitrogen and oxygen atoms in total. The molecule has 0 unspecified atom stereocenters.